The molecule has 0 aliphatic rings. The molecule has 0 aromatic rings. The van der Waals surface area contributed by atoms with Crippen LogP contribution in [-0.2, 0) is 4.74 Å². The number of hydrogen-bond donors (Lipinski definition) is 0. The maximum absolute atomic E-state index is 5.68. The van der Waals surface area contributed by atoms with E-state index >= 15 is 0 Å². The fraction of sp³-hybridized carbons (Fsp3) is 0.818. The van der Waals surface area contributed by atoms with Gasteiger partial charge in [0.2, 0.25) is 0 Å². The second kappa shape index (κ2) is 8.79. The number of allylic oxidation sites excluding steroid dienone is 1. The Kier molecular flexibility index (Phi) is 8.57. The van der Waals surface area contributed by atoms with Crippen LogP contribution in [0.15, 0.2) is 12.2 Å². The van der Waals surface area contributed by atoms with Gasteiger partial charge in [0.1, 0.15) is 0 Å². The Balaban J connectivity index is 3.48. The maximum atomic E-state index is 5.68. The molecule has 0 heterocycles. The predicted molar refractivity (Wildman–Crippen MR) is 54.4 cm³/mol. The third-order valence-corrected chi connectivity index (χ3v) is 1.81. The van der Waals surface area contributed by atoms with Gasteiger partial charge >= 0.3 is 0 Å². The molecule has 0 radical (unpaired) electrons. The number of ether oxygens (including phenoxy) is 1. The quantitative estimate of drug-likeness (QED) is 0.419. The van der Waals surface area contributed by atoms with Crippen LogP contribution >= 0.6 is 0 Å². The van der Waals surface area contributed by atoms with E-state index in [9.17, 15) is 0 Å². The highest BCUT2D eigenvalue weighted by atomic mass is 16.5. The van der Waals surface area contributed by atoms with Gasteiger partial charge in [0, 0.05) is 6.61 Å². The summed E-state index contributed by atoms with van der Waals surface area (Å²) in [6.07, 6.45) is 9.32. The predicted octanol–water partition coefficient (Wildman–Crippen LogP) is 3.55. The van der Waals surface area contributed by atoms with E-state index < -0.39 is 0 Å². The van der Waals surface area contributed by atoms with Crippen molar-refractivity contribution in [2.45, 2.75) is 52.6 Å². The van der Waals surface area contributed by atoms with Crippen molar-refractivity contribution in [3.63, 3.8) is 0 Å². The van der Waals surface area contributed by atoms with E-state index in [-0.39, 0.29) is 0 Å². The van der Waals surface area contributed by atoms with Crippen molar-refractivity contribution in [1.82, 2.24) is 0 Å². The fourth-order valence-electron chi connectivity index (χ4n) is 1.11. The summed E-state index contributed by atoms with van der Waals surface area (Å²) in [5.74, 6) is 0. The summed E-state index contributed by atoms with van der Waals surface area (Å²) < 4.78 is 5.68. The maximum Gasteiger partial charge on any atom is 0.0755 e. The lowest BCUT2D eigenvalue weighted by atomic mass is 10.2. The van der Waals surface area contributed by atoms with Crippen LogP contribution in [0.2, 0.25) is 0 Å². The zero-order valence-corrected chi connectivity index (χ0v) is 8.68. The van der Waals surface area contributed by atoms with Gasteiger partial charge in [-0.05, 0) is 19.8 Å². The van der Waals surface area contributed by atoms with Crippen LogP contribution in [0.4, 0.5) is 0 Å². The Morgan fingerprint density at radius 2 is 2.00 bits per heavy atom. The summed E-state index contributed by atoms with van der Waals surface area (Å²) in [5.41, 5.74) is 0. The van der Waals surface area contributed by atoms with E-state index in [4.69, 9.17) is 4.74 Å². The van der Waals surface area contributed by atoms with Gasteiger partial charge in [-0.2, -0.15) is 0 Å². The van der Waals surface area contributed by atoms with Crippen molar-refractivity contribution in [2.24, 2.45) is 0 Å². The number of unbranched alkanes of at least 4 members (excludes halogenated alkanes) is 1. The molecule has 1 unspecified atom stereocenters. The molecule has 0 spiro atoms. The van der Waals surface area contributed by atoms with Crippen LogP contribution in [0.25, 0.3) is 0 Å². The summed E-state index contributed by atoms with van der Waals surface area (Å²) >= 11 is 0. The first kappa shape index (κ1) is 11.7. The van der Waals surface area contributed by atoms with Crippen molar-refractivity contribution in [3.05, 3.63) is 12.2 Å². The fourth-order valence-corrected chi connectivity index (χ4v) is 1.11. The molecule has 0 amide bonds. The molecule has 72 valence electrons. The highest BCUT2D eigenvalue weighted by Crippen LogP contribution is 2.05. The number of hydrogen-bond acceptors (Lipinski definition) is 1. The molecule has 0 fully saturated rings. The number of rotatable bonds is 7. The first-order chi connectivity index (χ1) is 5.85. The monoisotopic (exact) mass is 170 g/mol. The zero-order valence-electron chi connectivity index (χ0n) is 8.68. The molecule has 0 aliphatic carbocycles. The Morgan fingerprint density at radius 3 is 2.50 bits per heavy atom. The molecule has 0 aliphatic heterocycles. The van der Waals surface area contributed by atoms with Gasteiger partial charge in [0.05, 0.1) is 6.10 Å². The van der Waals surface area contributed by atoms with Gasteiger partial charge in [0.15, 0.2) is 0 Å². The molecule has 0 aromatic carbocycles. The summed E-state index contributed by atoms with van der Waals surface area (Å²) in [6, 6.07) is 0. The smallest absolute Gasteiger partial charge is 0.0755 e. The van der Waals surface area contributed by atoms with Crippen molar-refractivity contribution in [1.29, 1.82) is 0 Å². The van der Waals surface area contributed by atoms with Crippen LogP contribution in [-0.4, -0.2) is 12.7 Å². The molecule has 1 atom stereocenters. The van der Waals surface area contributed by atoms with E-state index in [1.54, 1.807) is 0 Å². The molecule has 1 heteroatoms. The van der Waals surface area contributed by atoms with E-state index in [0.717, 1.165) is 13.0 Å². The normalized spacial score (nSPS) is 13.9. The molecule has 1 nitrogen and oxygen atoms in total. The van der Waals surface area contributed by atoms with Crippen LogP contribution in [0.3, 0.4) is 0 Å². The van der Waals surface area contributed by atoms with Crippen LogP contribution in [0, 0.1) is 0 Å². The van der Waals surface area contributed by atoms with E-state index in [2.05, 4.69) is 26.0 Å². The molecule has 0 saturated heterocycles. The van der Waals surface area contributed by atoms with Crippen molar-refractivity contribution < 1.29 is 4.74 Å². The molecule has 0 rings (SSSR count). The topological polar surface area (TPSA) is 9.23 Å². The second-order valence-electron chi connectivity index (χ2n) is 3.08. The minimum Gasteiger partial charge on any atom is -0.374 e. The lowest BCUT2D eigenvalue weighted by molar-refractivity contribution is 0.0767. The molecule has 0 saturated carbocycles. The van der Waals surface area contributed by atoms with Gasteiger partial charge in [-0.15, -0.1) is 0 Å². The summed E-state index contributed by atoms with van der Waals surface area (Å²) in [5, 5.41) is 0. The van der Waals surface area contributed by atoms with Crippen molar-refractivity contribution in [3.8, 4) is 0 Å². The minimum absolute atomic E-state index is 0.353. The molecular weight excluding hydrogens is 148 g/mol. The third kappa shape index (κ3) is 6.41. The van der Waals surface area contributed by atoms with Gasteiger partial charge in [0.25, 0.3) is 0 Å². The average molecular weight is 170 g/mol. The third-order valence-electron chi connectivity index (χ3n) is 1.81. The SMILES string of the molecule is C/C=C/C(CCC)OCCCC. The summed E-state index contributed by atoms with van der Waals surface area (Å²) in [7, 11) is 0. The van der Waals surface area contributed by atoms with Gasteiger partial charge in [-0.3, -0.25) is 0 Å². The molecular formula is C11H22O. The van der Waals surface area contributed by atoms with Crippen LogP contribution in [0.5, 0.6) is 0 Å². The highest BCUT2D eigenvalue weighted by Gasteiger charge is 2.01. The van der Waals surface area contributed by atoms with Crippen molar-refractivity contribution >= 4 is 0 Å². The van der Waals surface area contributed by atoms with Crippen molar-refractivity contribution in [2.75, 3.05) is 6.61 Å². The Labute approximate surface area is 76.8 Å². The van der Waals surface area contributed by atoms with Gasteiger partial charge < -0.3 is 4.74 Å². The summed E-state index contributed by atoms with van der Waals surface area (Å²) in [4.78, 5) is 0. The van der Waals surface area contributed by atoms with Gasteiger partial charge in [-0.1, -0.05) is 38.8 Å². The first-order valence-corrected chi connectivity index (χ1v) is 5.09. The second-order valence-corrected chi connectivity index (χ2v) is 3.08. The summed E-state index contributed by atoms with van der Waals surface area (Å²) in [6.45, 7) is 7.34. The molecule has 0 aromatic heterocycles. The molecule has 0 bridgehead atoms. The minimum atomic E-state index is 0.353. The van der Waals surface area contributed by atoms with Crippen LogP contribution in [0.1, 0.15) is 46.5 Å². The molecule has 12 heavy (non-hydrogen) atoms. The largest absolute Gasteiger partial charge is 0.374 e. The van der Waals surface area contributed by atoms with Gasteiger partial charge in [-0.25, -0.2) is 0 Å². The Morgan fingerprint density at radius 1 is 1.25 bits per heavy atom. The highest BCUT2D eigenvalue weighted by molar-refractivity contribution is 4.86. The van der Waals surface area contributed by atoms with E-state index in [1.807, 2.05) is 6.92 Å². The first-order valence-electron chi connectivity index (χ1n) is 5.09. The van der Waals surface area contributed by atoms with E-state index in [1.165, 1.54) is 19.3 Å². The zero-order chi connectivity index (χ0) is 9.23. The lowest BCUT2D eigenvalue weighted by Gasteiger charge is -2.12. The standard InChI is InChI=1S/C11H22O/c1-4-7-10-12-11(8-5-2)9-6-3/h5,8,11H,4,6-7,9-10H2,1-3H3/b8-5+. The van der Waals surface area contributed by atoms with E-state index in [0.29, 0.717) is 6.10 Å². The van der Waals surface area contributed by atoms with Crippen LogP contribution < -0.4 is 0 Å². The molecule has 0 N–H and O–H groups in total. The lowest BCUT2D eigenvalue weighted by Crippen LogP contribution is -2.10. The Bertz CT molecular complexity index is 108. The Hall–Kier alpha value is -0.300. The average Bonchev–Trinajstić information content (AvgIpc) is 2.06.